The van der Waals surface area contributed by atoms with Crippen molar-refractivity contribution in [3.8, 4) is 0 Å². The first kappa shape index (κ1) is 15.4. The second-order valence-electron chi connectivity index (χ2n) is 5.20. The Morgan fingerprint density at radius 3 is 2.65 bits per heavy atom. The molecule has 0 spiro atoms. The van der Waals surface area contributed by atoms with Crippen molar-refractivity contribution in [1.82, 2.24) is 14.7 Å². The molecular formula is C15H14F3N3O2. The van der Waals surface area contributed by atoms with Gasteiger partial charge in [-0.05, 0) is 11.6 Å². The Balaban J connectivity index is 1.62. The fraction of sp³-hybridized carbons (Fsp3) is 0.333. The predicted octanol–water partition coefficient (Wildman–Crippen LogP) is 3.05. The minimum absolute atomic E-state index is 0.0523. The summed E-state index contributed by atoms with van der Waals surface area (Å²) in [5.74, 6) is 0. The van der Waals surface area contributed by atoms with E-state index in [-0.39, 0.29) is 26.2 Å². The average molecular weight is 325 g/mol. The van der Waals surface area contributed by atoms with Crippen LogP contribution in [0.5, 0.6) is 0 Å². The molecule has 0 radical (unpaired) electrons. The number of hydrogen-bond acceptors (Lipinski definition) is 3. The summed E-state index contributed by atoms with van der Waals surface area (Å²) in [5, 5.41) is 3.52. The van der Waals surface area contributed by atoms with E-state index in [0.717, 1.165) is 11.6 Å². The molecule has 1 aliphatic heterocycles. The van der Waals surface area contributed by atoms with Crippen LogP contribution in [0.1, 0.15) is 17.0 Å². The number of alkyl halides is 3. The SMILES string of the molecule is O=C(OCc1ccccc1)N1CCn2nc(C(F)(F)F)cc2C1. The second-order valence-corrected chi connectivity index (χ2v) is 5.20. The number of ether oxygens (including phenoxy) is 1. The van der Waals surface area contributed by atoms with Gasteiger partial charge in [0.05, 0.1) is 18.8 Å². The van der Waals surface area contributed by atoms with Gasteiger partial charge in [0, 0.05) is 6.54 Å². The number of rotatable bonds is 2. The minimum atomic E-state index is -4.48. The van der Waals surface area contributed by atoms with Gasteiger partial charge in [-0.15, -0.1) is 0 Å². The zero-order valence-electron chi connectivity index (χ0n) is 12.1. The molecule has 2 aromatic rings. The zero-order chi connectivity index (χ0) is 16.4. The van der Waals surface area contributed by atoms with E-state index in [9.17, 15) is 18.0 Å². The molecular weight excluding hydrogens is 311 g/mol. The Hall–Kier alpha value is -2.51. The third-order valence-corrected chi connectivity index (χ3v) is 3.55. The molecule has 1 aromatic carbocycles. The molecule has 0 fully saturated rings. The molecule has 0 N–H and O–H groups in total. The number of fused-ring (bicyclic) bond motifs is 1. The van der Waals surface area contributed by atoms with Crippen molar-refractivity contribution in [3.05, 3.63) is 53.3 Å². The number of hydrogen-bond donors (Lipinski definition) is 0. The maximum absolute atomic E-state index is 12.7. The van der Waals surface area contributed by atoms with Gasteiger partial charge in [0.15, 0.2) is 5.69 Å². The van der Waals surface area contributed by atoms with Crippen molar-refractivity contribution in [3.63, 3.8) is 0 Å². The molecule has 3 rings (SSSR count). The van der Waals surface area contributed by atoms with Gasteiger partial charge in [-0.1, -0.05) is 30.3 Å². The summed E-state index contributed by atoms with van der Waals surface area (Å²) in [6.45, 7) is 0.658. The molecule has 1 aliphatic rings. The largest absolute Gasteiger partial charge is 0.445 e. The van der Waals surface area contributed by atoms with Crippen LogP contribution in [0, 0.1) is 0 Å². The molecule has 5 nitrogen and oxygen atoms in total. The van der Waals surface area contributed by atoms with E-state index in [1.54, 1.807) is 0 Å². The smallest absolute Gasteiger partial charge is 0.435 e. The fourth-order valence-electron chi connectivity index (χ4n) is 2.37. The Labute approximate surface area is 130 Å². The van der Waals surface area contributed by atoms with Crippen molar-refractivity contribution in [1.29, 1.82) is 0 Å². The zero-order valence-corrected chi connectivity index (χ0v) is 12.1. The number of amides is 1. The van der Waals surface area contributed by atoms with Crippen LogP contribution in [0.15, 0.2) is 36.4 Å². The van der Waals surface area contributed by atoms with Crippen molar-refractivity contribution >= 4 is 6.09 Å². The lowest BCUT2D eigenvalue weighted by Crippen LogP contribution is -2.38. The molecule has 2 heterocycles. The summed E-state index contributed by atoms with van der Waals surface area (Å²) < 4.78 is 44.4. The average Bonchev–Trinajstić information content (AvgIpc) is 2.97. The van der Waals surface area contributed by atoms with Gasteiger partial charge >= 0.3 is 12.3 Å². The van der Waals surface area contributed by atoms with Crippen LogP contribution in [-0.2, 0) is 30.6 Å². The number of carbonyl (C=O) groups excluding carboxylic acids is 1. The Kier molecular flexibility index (Phi) is 3.97. The van der Waals surface area contributed by atoms with E-state index < -0.39 is 18.0 Å². The summed E-state index contributed by atoms with van der Waals surface area (Å²) >= 11 is 0. The number of carbonyl (C=O) groups is 1. The number of aromatic nitrogens is 2. The van der Waals surface area contributed by atoms with Crippen LogP contribution >= 0.6 is 0 Å². The lowest BCUT2D eigenvalue weighted by atomic mass is 10.2. The van der Waals surface area contributed by atoms with E-state index in [1.165, 1.54) is 9.58 Å². The first-order valence-electron chi connectivity index (χ1n) is 7.03. The monoisotopic (exact) mass is 325 g/mol. The highest BCUT2D eigenvalue weighted by atomic mass is 19.4. The van der Waals surface area contributed by atoms with Crippen LogP contribution < -0.4 is 0 Å². The molecule has 1 amide bonds. The fourth-order valence-corrected chi connectivity index (χ4v) is 2.37. The predicted molar refractivity (Wildman–Crippen MR) is 74.3 cm³/mol. The van der Waals surface area contributed by atoms with Gasteiger partial charge in [0.1, 0.15) is 6.61 Å². The number of nitrogens with zero attached hydrogens (tertiary/aromatic N) is 3. The number of halogens is 3. The van der Waals surface area contributed by atoms with Crippen molar-refractivity contribution in [2.45, 2.75) is 25.9 Å². The summed E-state index contributed by atoms with van der Waals surface area (Å²) in [6, 6.07) is 10.1. The van der Waals surface area contributed by atoms with E-state index in [0.29, 0.717) is 5.69 Å². The highest BCUT2D eigenvalue weighted by Crippen LogP contribution is 2.29. The molecule has 122 valence electrons. The van der Waals surface area contributed by atoms with Gasteiger partial charge in [-0.3, -0.25) is 4.68 Å². The van der Waals surface area contributed by atoms with Gasteiger partial charge in [0.2, 0.25) is 0 Å². The first-order valence-corrected chi connectivity index (χ1v) is 7.03. The summed E-state index contributed by atoms with van der Waals surface area (Å²) in [7, 11) is 0. The molecule has 0 atom stereocenters. The summed E-state index contributed by atoms with van der Waals surface area (Å²) in [4.78, 5) is 13.4. The lowest BCUT2D eigenvalue weighted by Gasteiger charge is -2.26. The molecule has 23 heavy (non-hydrogen) atoms. The maximum Gasteiger partial charge on any atom is 0.435 e. The van der Waals surface area contributed by atoms with Gasteiger partial charge in [0.25, 0.3) is 0 Å². The van der Waals surface area contributed by atoms with Crippen LogP contribution in [0.4, 0.5) is 18.0 Å². The highest BCUT2D eigenvalue weighted by molar-refractivity contribution is 5.67. The molecule has 0 saturated heterocycles. The summed E-state index contributed by atoms with van der Waals surface area (Å²) in [6.07, 6.45) is -5.03. The van der Waals surface area contributed by atoms with Gasteiger partial charge in [-0.25, -0.2) is 4.79 Å². The van der Waals surface area contributed by atoms with E-state index >= 15 is 0 Å². The van der Waals surface area contributed by atoms with Crippen LogP contribution in [0.25, 0.3) is 0 Å². The van der Waals surface area contributed by atoms with Crippen LogP contribution in [0.2, 0.25) is 0 Å². The van der Waals surface area contributed by atoms with E-state index in [1.807, 2.05) is 30.3 Å². The van der Waals surface area contributed by atoms with Gasteiger partial charge < -0.3 is 9.64 Å². The van der Waals surface area contributed by atoms with Crippen molar-refractivity contribution in [2.24, 2.45) is 0 Å². The molecule has 8 heteroatoms. The highest BCUT2D eigenvalue weighted by Gasteiger charge is 2.36. The molecule has 0 saturated carbocycles. The minimum Gasteiger partial charge on any atom is -0.445 e. The van der Waals surface area contributed by atoms with Gasteiger partial charge in [-0.2, -0.15) is 18.3 Å². The van der Waals surface area contributed by atoms with E-state index in [2.05, 4.69) is 5.10 Å². The summed E-state index contributed by atoms with van der Waals surface area (Å²) in [5.41, 5.74) is 0.259. The Morgan fingerprint density at radius 1 is 1.22 bits per heavy atom. The quantitative estimate of drug-likeness (QED) is 0.852. The maximum atomic E-state index is 12.7. The van der Waals surface area contributed by atoms with Crippen LogP contribution in [0.3, 0.4) is 0 Å². The number of benzene rings is 1. The van der Waals surface area contributed by atoms with Crippen LogP contribution in [-0.4, -0.2) is 27.3 Å². The third-order valence-electron chi connectivity index (χ3n) is 3.55. The second kappa shape index (κ2) is 5.94. The Bertz CT molecular complexity index is 698. The first-order chi connectivity index (χ1) is 10.9. The third kappa shape index (κ3) is 3.46. The topological polar surface area (TPSA) is 47.4 Å². The molecule has 0 bridgehead atoms. The lowest BCUT2D eigenvalue weighted by molar-refractivity contribution is -0.141. The molecule has 1 aromatic heterocycles. The molecule has 0 unspecified atom stereocenters. The van der Waals surface area contributed by atoms with Crippen molar-refractivity contribution < 1.29 is 22.7 Å². The van der Waals surface area contributed by atoms with Crippen molar-refractivity contribution in [2.75, 3.05) is 6.54 Å². The Morgan fingerprint density at radius 2 is 1.96 bits per heavy atom. The normalized spacial score (nSPS) is 14.5. The standard InChI is InChI=1S/C15H14F3N3O2/c16-15(17,18)13-8-12-9-20(6-7-21(12)19-13)14(22)23-10-11-4-2-1-3-5-11/h1-5,8H,6-7,9-10H2. The molecule has 0 aliphatic carbocycles. The van der Waals surface area contributed by atoms with E-state index in [4.69, 9.17) is 4.74 Å².